The minimum Gasteiger partial charge on any atom is -0.390 e. The van der Waals surface area contributed by atoms with E-state index in [0.29, 0.717) is 25.0 Å². The highest BCUT2D eigenvalue weighted by Gasteiger charge is 2.28. The maximum atomic E-state index is 13.1. The van der Waals surface area contributed by atoms with Gasteiger partial charge in [-0.15, -0.1) is 0 Å². The number of halogens is 1. The van der Waals surface area contributed by atoms with Gasteiger partial charge in [0.25, 0.3) is 5.56 Å². The third-order valence-corrected chi connectivity index (χ3v) is 5.46. The highest BCUT2D eigenvalue weighted by Crippen LogP contribution is 2.26. The number of β-amino-alcohol motifs (C(OH)–C–C–N with tert-alkyl or cyclic N) is 1. The third kappa shape index (κ3) is 4.01. The van der Waals surface area contributed by atoms with Gasteiger partial charge in [0.2, 0.25) is 0 Å². The van der Waals surface area contributed by atoms with Crippen molar-refractivity contribution in [3.8, 4) is 0 Å². The molecule has 0 unspecified atom stereocenters. The Morgan fingerprint density at radius 2 is 2.23 bits per heavy atom. The zero-order valence-corrected chi connectivity index (χ0v) is 17.0. The summed E-state index contributed by atoms with van der Waals surface area (Å²) in [6.07, 6.45) is 1.49. The van der Waals surface area contributed by atoms with Crippen molar-refractivity contribution in [3.63, 3.8) is 0 Å². The van der Waals surface area contributed by atoms with E-state index in [1.165, 1.54) is 0 Å². The molecule has 0 radical (unpaired) electrons. The predicted molar refractivity (Wildman–Crippen MR) is 107 cm³/mol. The van der Waals surface area contributed by atoms with E-state index in [2.05, 4.69) is 33.1 Å². The minimum absolute atomic E-state index is 0.00315. The van der Waals surface area contributed by atoms with Crippen molar-refractivity contribution < 1.29 is 5.11 Å². The Balaban J connectivity index is 2.12. The second kappa shape index (κ2) is 8.61. The third-order valence-electron chi connectivity index (χ3n) is 4.96. The zero-order chi connectivity index (χ0) is 18.7. The Bertz CT molecular complexity index is 823. The molecule has 0 aliphatic carbocycles. The molecular formula is C19H27BrN4O2. The minimum atomic E-state index is -0.407. The summed E-state index contributed by atoms with van der Waals surface area (Å²) in [5.41, 5.74) is 0.732. The lowest BCUT2D eigenvalue weighted by molar-refractivity contribution is 0.0971. The fourth-order valence-corrected chi connectivity index (χ4v) is 4.08. The van der Waals surface area contributed by atoms with E-state index in [1.54, 1.807) is 4.57 Å². The van der Waals surface area contributed by atoms with Crippen LogP contribution in [-0.2, 0) is 6.54 Å². The van der Waals surface area contributed by atoms with Crippen LogP contribution in [0, 0.1) is 0 Å². The quantitative estimate of drug-likeness (QED) is 0.773. The van der Waals surface area contributed by atoms with Gasteiger partial charge in [-0.05, 0) is 31.5 Å². The Labute approximate surface area is 162 Å². The van der Waals surface area contributed by atoms with Crippen LogP contribution in [-0.4, -0.2) is 51.8 Å². The second-order valence-electron chi connectivity index (χ2n) is 6.84. The van der Waals surface area contributed by atoms with Gasteiger partial charge in [-0.2, -0.15) is 0 Å². The maximum Gasteiger partial charge on any atom is 0.261 e. The number of benzene rings is 1. The number of hydrogen-bond donors (Lipinski definition) is 2. The van der Waals surface area contributed by atoms with E-state index in [9.17, 15) is 9.90 Å². The summed E-state index contributed by atoms with van der Waals surface area (Å²) < 4.78 is 2.67. The molecule has 0 spiro atoms. The normalized spacial score (nSPS) is 20.2. The molecule has 2 aromatic rings. The van der Waals surface area contributed by atoms with E-state index >= 15 is 0 Å². The van der Waals surface area contributed by atoms with Gasteiger partial charge >= 0.3 is 0 Å². The zero-order valence-electron chi connectivity index (χ0n) is 15.4. The molecule has 26 heavy (non-hydrogen) atoms. The van der Waals surface area contributed by atoms with Crippen LogP contribution in [0.3, 0.4) is 0 Å². The van der Waals surface area contributed by atoms with E-state index < -0.39 is 6.10 Å². The summed E-state index contributed by atoms with van der Waals surface area (Å²) in [6.45, 7) is 7.57. The van der Waals surface area contributed by atoms with Crippen molar-refractivity contribution >= 4 is 26.8 Å². The first kappa shape index (κ1) is 19.5. The van der Waals surface area contributed by atoms with Crippen LogP contribution in [0.4, 0.5) is 0 Å². The molecule has 1 aromatic carbocycles. The van der Waals surface area contributed by atoms with E-state index in [4.69, 9.17) is 4.98 Å². The van der Waals surface area contributed by atoms with Gasteiger partial charge in [-0.1, -0.05) is 29.3 Å². The molecule has 7 heteroatoms. The monoisotopic (exact) mass is 422 g/mol. The van der Waals surface area contributed by atoms with Crippen molar-refractivity contribution in [2.75, 3.05) is 26.2 Å². The van der Waals surface area contributed by atoms with Crippen LogP contribution in [0.25, 0.3) is 10.9 Å². The lowest BCUT2D eigenvalue weighted by Crippen LogP contribution is -2.39. The first-order valence-corrected chi connectivity index (χ1v) is 10.2. The summed E-state index contributed by atoms with van der Waals surface area (Å²) in [7, 11) is 0. The number of fused-ring (bicyclic) bond motifs is 1. The van der Waals surface area contributed by atoms with Crippen molar-refractivity contribution in [2.45, 2.75) is 45.4 Å². The fourth-order valence-electron chi connectivity index (χ4n) is 3.72. The smallest absolute Gasteiger partial charge is 0.261 e. The molecule has 0 saturated carbocycles. The Kier molecular flexibility index (Phi) is 6.45. The molecule has 2 heterocycles. The van der Waals surface area contributed by atoms with Crippen molar-refractivity contribution in [1.29, 1.82) is 0 Å². The molecule has 1 aliphatic heterocycles. The molecule has 1 aliphatic rings. The standard InChI is InChI=1S/C19H27BrN4O2/c1-3-5-17(23-9-8-21-11-14(25)12-23)18-22-16-7-6-13(20)10-15(16)19(26)24(18)4-2/h6-7,10,14,17,21,25H,3-5,8-9,11-12H2,1-2H3/t14-,17+/m1/s1. The van der Waals surface area contributed by atoms with E-state index in [1.807, 2.05) is 25.1 Å². The highest BCUT2D eigenvalue weighted by atomic mass is 79.9. The van der Waals surface area contributed by atoms with Crippen molar-refractivity contribution in [3.05, 3.63) is 38.9 Å². The van der Waals surface area contributed by atoms with Crippen molar-refractivity contribution in [2.24, 2.45) is 0 Å². The Hall–Kier alpha value is -1.28. The first-order chi connectivity index (χ1) is 12.5. The van der Waals surface area contributed by atoms with Crippen LogP contribution in [0.15, 0.2) is 27.5 Å². The Morgan fingerprint density at radius 1 is 1.42 bits per heavy atom. The lowest BCUT2D eigenvalue weighted by Gasteiger charge is -2.32. The summed E-state index contributed by atoms with van der Waals surface area (Å²) in [5.74, 6) is 0.809. The number of aromatic nitrogens is 2. The first-order valence-electron chi connectivity index (χ1n) is 9.38. The summed E-state index contributed by atoms with van der Waals surface area (Å²) >= 11 is 3.44. The molecule has 0 amide bonds. The van der Waals surface area contributed by atoms with Crippen molar-refractivity contribution in [1.82, 2.24) is 19.8 Å². The van der Waals surface area contributed by atoms with Crippen LogP contribution in [0.5, 0.6) is 0 Å². The number of rotatable bonds is 5. The SMILES string of the molecule is CCC[C@@H](c1nc2ccc(Br)cc2c(=O)n1CC)N1CCNC[C@@H](O)C1. The van der Waals surface area contributed by atoms with Gasteiger partial charge in [0.05, 0.1) is 23.0 Å². The average molecular weight is 423 g/mol. The second-order valence-corrected chi connectivity index (χ2v) is 7.75. The van der Waals surface area contributed by atoms with E-state index in [0.717, 1.165) is 41.7 Å². The molecule has 142 valence electrons. The van der Waals surface area contributed by atoms with Gasteiger partial charge in [-0.25, -0.2) is 4.98 Å². The molecule has 1 saturated heterocycles. The largest absolute Gasteiger partial charge is 0.390 e. The lowest BCUT2D eigenvalue weighted by atomic mass is 10.1. The van der Waals surface area contributed by atoms with Crippen LogP contribution in [0.2, 0.25) is 0 Å². The van der Waals surface area contributed by atoms with E-state index in [-0.39, 0.29) is 11.6 Å². The number of nitrogens with one attached hydrogen (secondary N) is 1. The average Bonchev–Trinajstić information content (AvgIpc) is 2.84. The van der Waals surface area contributed by atoms with Crippen LogP contribution < -0.4 is 10.9 Å². The van der Waals surface area contributed by atoms with Gasteiger partial charge in [0.15, 0.2) is 0 Å². The number of hydrogen-bond acceptors (Lipinski definition) is 5. The van der Waals surface area contributed by atoms with Gasteiger partial charge in [0.1, 0.15) is 5.82 Å². The van der Waals surface area contributed by atoms with Crippen LogP contribution >= 0.6 is 15.9 Å². The molecule has 2 N–H and O–H groups in total. The molecule has 1 fully saturated rings. The number of nitrogens with zero attached hydrogens (tertiary/aromatic N) is 3. The highest BCUT2D eigenvalue weighted by molar-refractivity contribution is 9.10. The van der Waals surface area contributed by atoms with Crippen LogP contribution in [0.1, 0.15) is 38.6 Å². The molecular weight excluding hydrogens is 396 g/mol. The molecule has 3 rings (SSSR count). The summed E-state index contributed by atoms with van der Waals surface area (Å²) in [6, 6.07) is 5.68. The molecule has 0 bridgehead atoms. The van der Waals surface area contributed by atoms with Gasteiger partial charge in [0, 0.05) is 37.2 Å². The molecule has 6 nitrogen and oxygen atoms in total. The maximum absolute atomic E-state index is 13.1. The number of aliphatic hydroxyl groups is 1. The summed E-state index contributed by atoms with van der Waals surface area (Å²) in [5, 5.41) is 14.1. The number of aliphatic hydroxyl groups excluding tert-OH is 1. The molecule has 2 atom stereocenters. The fraction of sp³-hybridized carbons (Fsp3) is 0.579. The summed E-state index contributed by atoms with van der Waals surface area (Å²) in [4.78, 5) is 20.2. The van der Waals surface area contributed by atoms with Gasteiger partial charge < -0.3 is 10.4 Å². The molecule has 1 aromatic heterocycles. The van der Waals surface area contributed by atoms with Gasteiger partial charge in [-0.3, -0.25) is 14.3 Å². The topological polar surface area (TPSA) is 70.4 Å². The predicted octanol–water partition coefficient (Wildman–Crippen LogP) is 2.29. The Morgan fingerprint density at radius 3 is 2.96 bits per heavy atom.